The minimum absolute atomic E-state index is 0.0751. The van der Waals surface area contributed by atoms with Crippen molar-refractivity contribution in [3.05, 3.63) is 28.8 Å². The van der Waals surface area contributed by atoms with Gasteiger partial charge in [0.1, 0.15) is 5.75 Å². The summed E-state index contributed by atoms with van der Waals surface area (Å²) >= 11 is 6.07. The summed E-state index contributed by atoms with van der Waals surface area (Å²) in [5, 5.41) is 9.31. The summed E-state index contributed by atoms with van der Waals surface area (Å²) in [7, 11) is 3.08. The molecule has 5 nitrogen and oxygen atoms in total. The number of carboxylic acid groups (broad SMARTS) is 1. The predicted molar refractivity (Wildman–Crippen MR) is 76.1 cm³/mol. The third-order valence-electron chi connectivity index (χ3n) is 3.02. The van der Waals surface area contributed by atoms with E-state index in [1.165, 1.54) is 12.0 Å². The molecule has 0 aliphatic rings. The van der Waals surface area contributed by atoms with Crippen molar-refractivity contribution in [3.63, 3.8) is 0 Å². The third kappa shape index (κ3) is 4.13. The molecule has 1 aromatic rings. The number of carbonyl (C=O) groups excluding carboxylic acids is 1. The Morgan fingerprint density at radius 2 is 2.10 bits per heavy atom. The lowest BCUT2D eigenvalue weighted by Gasteiger charge is -2.20. The number of carbonyl (C=O) groups is 2. The first-order valence-electron chi connectivity index (χ1n) is 6.15. The summed E-state index contributed by atoms with van der Waals surface area (Å²) in [6.07, 6.45) is 0.0751. The van der Waals surface area contributed by atoms with Crippen LogP contribution in [0.25, 0.3) is 0 Å². The molecule has 0 radical (unpaired) electrons. The number of amides is 1. The summed E-state index contributed by atoms with van der Waals surface area (Å²) in [5.74, 6) is -1.20. The summed E-state index contributed by atoms with van der Waals surface area (Å²) in [6, 6.07) is 5.16. The average molecular weight is 300 g/mol. The van der Waals surface area contributed by atoms with Crippen molar-refractivity contribution >= 4 is 23.5 Å². The number of likely N-dealkylation sites (N-methyl/N-ethyl adjacent to an activating group) is 1. The number of nitrogens with zero attached hydrogens (tertiary/aromatic N) is 1. The monoisotopic (exact) mass is 299 g/mol. The van der Waals surface area contributed by atoms with E-state index in [1.807, 2.05) is 0 Å². The topological polar surface area (TPSA) is 66.8 Å². The van der Waals surface area contributed by atoms with Crippen molar-refractivity contribution in [3.8, 4) is 5.75 Å². The van der Waals surface area contributed by atoms with Gasteiger partial charge in [0.25, 0.3) is 0 Å². The Morgan fingerprint density at radius 1 is 1.45 bits per heavy atom. The molecule has 0 bridgehead atoms. The minimum Gasteiger partial charge on any atom is -0.496 e. The van der Waals surface area contributed by atoms with Gasteiger partial charge >= 0.3 is 5.97 Å². The third-order valence-corrected chi connectivity index (χ3v) is 3.37. The Hall–Kier alpha value is -1.75. The Kier molecular flexibility index (Phi) is 5.82. The van der Waals surface area contributed by atoms with Crippen molar-refractivity contribution in [2.45, 2.75) is 13.3 Å². The molecule has 1 aromatic carbocycles. The summed E-state index contributed by atoms with van der Waals surface area (Å²) in [6.45, 7) is 1.71. The lowest BCUT2D eigenvalue weighted by atomic mass is 10.1. The van der Waals surface area contributed by atoms with E-state index in [4.69, 9.17) is 21.4 Å². The Bertz CT molecular complexity index is 504. The molecule has 0 heterocycles. The van der Waals surface area contributed by atoms with Crippen LogP contribution < -0.4 is 4.74 Å². The Labute approximate surface area is 123 Å². The molecule has 20 heavy (non-hydrogen) atoms. The van der Waals surface area contributed by atoms with E-state index in [2.05, 4.69) is 0 Å². The van der Waals surface area contributed by atoms with E-state index >= 15 is 0 Å². The van der Waals surface area contributed by atoms with Gasteiger partial charge < -0.3 is 14.7 Å². The molecule has 0 aromatic heterocycles. The predicted octanol–water partition coefficient (Wildman–Crippen LogP) is 2.07. The highest BCUT2D eigenvalue weighted by atomic mass is 35.5. The van der Waals surface area contributed by atoms with E-state index in [0.717, 1.165) is 0 Å². The van der Waals surface area contributed by atoms with Gasteiger partial charge in [-0.1, -0.05) is 24.6 Å². The first-order valence-corrected chi connectivity index (χ1v) is 6.52. The second kappa shape index (κ2) is 7.14. The van der Waals surface area contributed by atoms with Gasteiger partial charge in [0, 0.05) is 24.2 Å². The van der Waals surface area contributed by atoms with Crippen molar-refractivity contribution in [1.82, 2.24) is 4.90 Å². The number of rotatable bonds is 6. The van der Waals surface area contributed by atoms with Gasteiger partial charge in [-0.3, -0.25) is 9.59 Å². The fourth-order valence-corrected chi connectivity index (χ4v) is 2.01. The molecule has 0 saturated carbocycles. The first-order chi connectivity index (χ1) is 9.36. The molecule has 0 fully saturated rings. The van der Waals surface area contributed by atoms with Crippen LogP contribution in [-0.4, -0.2) is 42.6 Å². The molecule has 110 valence electrons. The standard InChI is InChI=1S/C14H18ClNO4/c1-9(14(18)19)8-16(2)13(17)7-10-11(15)5-4-6-12(10)20-3/h4-6,9H,7-8H2,1-3H3,(H,18,19). The average Bonchev–Trinajstić information content (AvgIpc) is 2.40. The van der Waals surface area contributed by atoms with Crippen LogP contribution in [0.1, 0.15) is 12.5 Å². The van der Waals surface area contributed by atoms with Crippen LogP contribution in [0.4, 0.5) is 0 Å². The number of halogens is 1. The van der Waals surface area contributed by atoms with Crippen LogP contribution in [0.3, 0.4) is 0 Å². The highest BCUT2D eigenvalue weighted by molar-refractivity contribution is 6.31. The number of ether oxygens (including phenoxy) is 1. The van der Waals surface area contributed by atoms with Crippen molar-refractivity contribution < 1.29 is 19.4 Å². The molecule has 1 N–H and O–H groups in total. The molecule has 6 heteroatoms. The van der Waals surface area contributed by atoms with Gasteiger partial charge in [-0.2, -0.15) is 0 Å². The number of hydrogen-bond donors (Lipinski definition) is 1. The normalized spacial score (nSPS) is 11.8. The van der Waals surface area contributed by atoms with Gasteiger partial charge in [0.05, 0.1) is 19.4 Å². The van der Waals surface area contributed by atoms with Gasteiger partial charge in [-0.15, -0.1) is 0 Å². The minimum atomic E-state index is -0.931. The van der Waals surface area contributed by atoms with Crippen molar-refractivity contribution in [1.29, 1.82) is 0 Å². The van der Waals surface area contributed by atoms with Gasteiger partial charge in [-0.05, 0) is 12.1 Å². The number of hydrogen-bond acceptors (Lipinski definition) is 3. The van der Waals surface area contributed by atoms with Crippen LogP contribution in [0, 0.1) is 5.92 Å². The molecule has 1 rings (SSSR count). The fourth-order valence-electron chi connectivity index (χ4n) is 1.78. The SMILES string of the molecule is COc1cccc(Cl)c1CC(=O)N(C)CC(C)C(=O)O. The van der Waals surface area contributed by atoms with E-state index in [1.54, 1.807) is 32.2 Å². The number of aliphatic carboxylic acids is 1. The lowest BCUT2D eigenvalue weighted by molar-refractivity contribution is -0.142. The number of benzene rings is 1. The molecular formula is C14H18ClNO4. The van der Waals surface area contributed by atoms with Crippen LogP contribution in [0.5, 0.6) is 5.75 Å². The fraction of sp³-hybridized carbons (Fsp3) is 0.429. The van der Waals surface area contributed by atoms with Crippen LogP contribution >= 0.6 is 11.6 Å². The molecule has 0 saturated heterocycles. The Morgan fingerprint density at radius 3 is 2.65 bits per heavy atom. The van der Waals surface area contributed by atoms with E-state index in [9.17, 15) is 9.59 Å². The van der Waals surface area contributed by atoms with Gasteiger partial charge in [-0.25, -0.2) is 0 Å². The maximum absolute atomic E-state index is 12.1. The molecule has 0 aliphatic carbocycles. The number of methoxy groups -OCH3 is 1. The molecular weight excluding hydrogens is 282 g/mol. The quantitative estimate of drug-likeness (QED) is 0.873. The second-order valence-corrected chi connectivity index (χ2v) is 5.02. The van der Waals surface area contributed by atoms with E-state index in [-0.39, 0.29) is 18.9 Å². The second-order valence-electron chi connectivity index (χ2n) is 4.61. The number of carboxylic acids is 1. The van der Waals surface area contributed by atoms with Gasteiger partial charge in [0.2, 0.25) is 5.91 Å². The smallest absolute Gasteiger partial charge is 0.308 e. The summed E-state index contributed by atoms with van der Waals surface area (Å²) in [5.41, 5.74) is 0.608. The molecule has 0 aliphatic heterocycles. The maximum atomic E-state index is 12.1. The van der Waals surface area contributed by atoms with E-state index in [0.29, 0.717) is 16.3 Å². The zero-order chi connectivity index (χ0) is 15.3. The van der Waals surface area contributed by atoms with E-state index < -0.39 is 11.9 Å². The zero-order valence-electron chi connectivity index (χ0n) is 11.7. The zero-order valence-corrected chi connectivity index (χ0v) is 12.5. The molecule has 1 atom stereocenters. The van der Waals surface area contributed by atoms with Gasteiger partial charge in [0.15, 0.2) is 0 Å². The maximum Gasteiger partial charge on any atom is 0.308 e. The molecule has 0 spiro atoms. The van der Waals surface area contributed by atoms with Crippen molar-refractivity contribution in [2.75, 3.05) is 20.7 Å². The highest BCUT2D eigenvalue weighted by Crippen LogP contribution is 2.27. The largest absolute Gasteiger partial charge is 0.496 e. The highest BCUT2D eigenvalue weighted by Gasteiger charge is 2.19. The molecule has 1 amide bonds. The van der Waals surface area contributed by atoms with Crippen LogP contribution in [0.15, 0.2) is 18.2 Å². The van der Waals surface area contributed by atoms with Crippen LogP contribution in [-0.2, 0) is 16.0 Å². The molecule has 1 unspecified atom stereocenters. The first kappa shape index (κ1) is 16.3. The summed E-state index contributed by atoms with van der Waals surface area (Å²) in [4.78, 5) is 24.3. The summed E-state index contributed by atoms with van der Waals surface area (Å²) < 4.78 is 5.18. The van der Waals surface area contributed by atoms with Crippen molar-refractivity contribution in [2.24, 2.45) is 5.92 Å². The Balaban J connectivity index is 2.78. The van der Waals surface area contributed by atoms with Crippen LogP contribution in [0.2, 0.25) is 5.02 Å². The lowest BCUT2D eigenvalue weighted by Crippen LogP contribution is -2.34.